The molecule has 31 heavy (non-hydrogen) atoms. The van der Waals surface area contributed by atoms with Crippen LogP contribution in [0.5, 0.6) is 0 Å². The molecule has 1 unspecified atom stereocenters. The highest BCUT2D eigenvalue weighted by Crippen LogP contribution is 2.28. The van der Waals surface area contributed by atoms with Crippen LogP contribution in [0.1, 0.15) is 62.1 Å². The van der Waals surface area contributed by atoms with Gasteiger partial charge < -0.3 is 23.6 Å². The van der Waals surface area contributed by atoms with Crippen molar-refractivity contribution in [1.29, 1.82) is 0 Å². The van der Waals surface area contributed by atoms with Crippen LogP contribution < -0.4 is 0 Å². The number of aromatic amines is 1. The maximum Gasteiger partial charge on any atom is 0.375 e. The molecule has 0 amide bonds. The molecule has 1 N–H and O–H groups in total. The van der Waals surface area contributed by atoms with Crippen LogP contribution >= 0.6 is 0 Å². The van der Waals surface area contributed by atoms with Crippen LogP contribution in [0.25, 0.3) is 11.0 Å². The number of carbonyl (C=O) groups is 3. The number of methoxy groups -OCH3 is 1. The van der Waals surface area contributed by atoms with E-state index in [1.807, 2.05) is 19.1 Å². The number of nitrogens with one attached hydrogen (secondary N) is 1. The number of hydrogen-bond acceptors (Lipinski definition) is 7. The second-order valence-electron chi connectivity index (χ2n) is 7.07. The molecule has 0 aliphatic rings. The Morgan fingerprint density at radius 1 is 1.13 bits per heavy atom. The smallest absolute Gasteiger partial charge is 0.375 e. The Morgan fingerprint density at radius 3 is 2.52 bits per heavy atom. The summed E-state index contributed by atoms with van der Waals surface area (Å²) in [6, 6.07) is 7.21. The molecule has 2 aromatic heterocycles. The van der Waals surface area contributed by atoms with Crippen LogP contribution in [0.4, 0.5) is 0 Å². The predicted molar refractivity (Wildman–Crippen MR) is 112 cm³/mol. The van der Waals surface area contributed by atoms with Crippen LogP contribution in [0.15, 0.2) is 28.7 Å². The highest BCUT2D eigenvalue weighted by molar-refractivity contribution is 6.05. The van der Waals surface area contributed by atoms with Gasteiger partial charge in [-0.2, -0.15) is 0 Å². The molecule has 0 saturated carbocycles. The van der Waals surface area contributed by atoms with Crippen molar-refractivity contribution in [3.8, 4) is 0 Å². The molecule has 0 radical (unpaired) electrons. The number of ketones is 1. The summed E-state index contributed by atoms with van der Waals surface area (Å²) >= 11 is 0. The summed E-state index contributed by atoms with van der Waals surface area (Å²) in [6.07, 6.45) is -1.11. The minimum Gasteiger partial charge on any atom is -0.465 e. The Labute approximate surface area is 179 Å². The van der Waals surface area contributed by atoms with Crippen molar-refractivity contribution >= 4 is 28.7 Å². The van der Waals surface area contributed by atoms with Crippen molar-refractivity contribution < 1.29 is 33.0 Å². The molecular weight excluding hydrogens is 402 g/mol. The van der Waals surface area contributed by atoms with Crippen LogP contribution in [0, 0.1) is 13.8 Å². The van der Waals surface area contributed by atoms with E-state index in [2.05, 4.69) is 4.98 Å². The quantitative estimate of drug-likeness (QED) is 0.425. The number of hydrogen-bond donors (Lipinski definition) is 1. The van der Waals surface area contributed by atoms with Crippen molar-refractivity contribution in [2.75, 3.05) is 13.7 Å². The molecule has 3 rings (SSSR count). The topological polar surface area (TPSA) is 108 Å². The van der Waals surface area contributed by atoms with Gasteiger partial charge in [0, 0.05) is 23.3 Å². The molecule has 0 saturated heterocycles. The van der Waals surface area contributed by atoms with Gasteiger partial charge in [-0.25, -0.2) is 9.59 Å². The number of para-hydroxylation sites is 1. The van der Waals surface area contributed by atoms with E-state index in [0.717, 1.165) is 5.39 Å². The molecule has 3 aromatic rings. The zero-order valence-electron chi connectivity index (χ0n) is 18.2. The number of carbonyl (C=O) groups excluding carboxylic acids is 3. The number of furan rings is 1. The lowest BCUT2D eigenvalue weighted by Gasteiger charge is -2.12. The van der Waals surface area contributed by atoms with Gasteiger partial charge in [-0.05, 0) is 39.3 Å². The van der Waals surface area contributed by atoms with Gasteiger partial charge in [-0.3, -0.25) is 4.79 Å². The summed E-state index contributed by atoms with van der Waals surface area (Å²) in [4.78, 5) is 40.6. The molecule has 0 bridgehead atoms. The lowest BCUT2D eigenvalue weighted by Crippen LogP contribution is -2.25. The average Bonchev–Trinajstić information content (AvgIpc) is 3.28. The number of aromatic nitrogens is 1. The highest BCUT2D eigenvalue weighted by atomic mass is 16.6. The first-order valence-corrected chi connectivity index (χ1v) is 9.90. The van der Waals surface area contributed by atoms with Crippen LogP contribution in [0.3, 0.4) is 0 Å². The van der Waals surface area contributed by atoms with E-state index in [0.29, 0.717) is 34.6 Å². The Balaban J connectivity index is 1.86. The van der Waals surface area contributed by atoms with E-state index in [1.54, 1.807) is 26.0 Å². The molecular formula is C23H25NO7. The van der Waals surface area contributed by atoms with Crippen molar-refractivity contribution in [3.05, 3.63) is 58.1 Å². The second-order valence-corrected chi connectivity index (χ2v) is 7.07. The number of H-pyrrole nitrogens is 1. The van der Waals surface area contributed by atoms with Gasteiger partial charge in [0.05, 0.1) is 25.0 Å². The minimum absolute atomic E-state index is 0.00365. The van der Waals surface area contributed by atoms with E-state index in [-0.39, 0.29) is 18.1 Å². The van der Waals surface area contributed by atoms with E-state index < -0.39 is 23.8 Å². The summed E-state index contributed by atoms with van der Waals surface area (Å²) in [6.45, 7) is 7.27. The molecule has 1 aromatic carbocycles. The highest BCUT2D eigenvalue weighted by Gasteiger charge is 2.30. The molecule has 0 aliphatic carbocycles. The monoisotopic (exact) mass is 427 g/mol. The van der Waals surface area contributed by atoms with Gasteiger partial charge in [0.15, 0.2) is 6.10 Å². The molecule has 0 aliphatic heterocycles. The third-order valence-electron chi connectivity index (χ3n) is 5.06. The zero-order chi connectivity index (χ0) is 22.7. The Bertz CT molecular complexity index is 1140. The summed E-state index contributed by atoms with van der Waals surface area (Å²) in [5.74, 6) is -1.77. The van der Waals surface area contributed by atoms with Gasteiger partial charge in [-0.1, -0.05) is 18.2 Å². The number of ether oxygens (including phenoxy) is 3. The van der Waals surface area contributed by atoms with Gasteiger partial charge in [0.2, 0.25) is 11.5 Å². The van der Waals surface area contributed by atoms with Crippen molar-refractivity contribution in [1.82, 2.24) is 4.98 Å². The van der Waals surface area contributed by atoms with E-state index in [1.165, 1.54) is 14.0 Å². The number of rotatable bonds is 8. The second kappa shape index (κ2) is 9.18. The van der Waals surface area contributed by atoms with Crippen LogP contribution in [-0.2, 0) is 20.8 Å². The SMILES string of the molecule is CCOCc1c(C(=O)OC(C)C(=O)c2[nH]c(C)c(C(=O)OC)c2C)oc2ccccc12. The van der Waals surface area contributed by atoms with Crippen molar-refractivity contribution in [2.45, 2.75) is 40.4 Å². The number of fused-ring (bicyclic) bond motifs is 1. The van der Waals surface area contributed by atoms with Crippen LogP contribution in [0.2, 0.25) is 0 Å². The standard InChI is InChI=1S/C23H25NO7/c1-6-29-11-16-15-9-7-8-10-17(15)31-21(16)23(27)30-14(4)20(25)19-12(2)18(13(3)24-19)22(26)28-5/h7-10,14,24H,6,11H2,1-5H3. The largest absolute Gasteiger partial charge is 0.465 e. The first-order valence-electron chi connectivity index (χ1n) is 9.90. The zero-order valence-corrected chi connectivity index (χ0v) is 18.2. The van der Waals surface area contributed by atoms with Gasteiger partial charge >= 0.3 is 11.9 Å². The normalized spacial score (nSPS) is 12.0. The molecule has 8 heteroatoms. The maximum absolute atomic E-state index is 12.9. The van der Waals surface area contributed by atoms with Crippen molar-refractivity contribution in [2.24, 2.45) is 0 Å². The summed E-state index contributed by atoms with van der Waals surface area (Å²) in [7, 11) is 1.27. The number of esters is 2. The third kappa shape index (κ3) is 4.25. The third-order valence-corrected chi connectivity index (χ3v) is 5.06. The summed E-state index contributed by atoms with van der Waals surface area (Å²) in [5.41, 5.74) is 2.53. The first-order chi connectivity index (χ1) is 14.8. The van der Waals surface area contributed by atoms with E-state index in [4.69, 9.17) is 18.6 Å². The predicted octanol–water partition coefficient (Wildman–Crippen LogP) is 4.13. The lowest BCUT2D eigenvalue weighted by atomic mass is 10.1. The molecule has 1 atom stereocenters. The average molecular weight is 427 g/mol. The Kier molecular flexibility index (Phi) is 6.60. The Morgan fingerprint density at radius 2 is 1.84 bits per heavy atom. The molecule has 8 nitrogen and oxygen atoms in total. The lowest BCUT2D eigenvalue weighted by molar-refractivity contribution is 0.0283. The molecule has 164 valence electrons. The fourth-order valence-corrected chi connectivity index (χ4v) is 3.49. The molecule has 0 fully saturated rings. The van der Waals surface area contributed by atoms with Gasteiger partial charge in [-0.15, -0.1) is 0 Å². The van der Waals surface area contributed by atoms with E-state index >= 15 is 0 Å². The number of Topliss-reactive ketones (excluding diaryl/α,β-unsaturated/α-hetero) is 1. The van der Waals surface area contributed by atoms with Gasteiger partial charge in [0.25, 0.3) is 0 Å². The Hall–Kier alpha value is -3.39. The van der Waals surface area contributed by atoms with Gasteiger partial charge in [0.1, 0.15) is 5.58 Å². The fraction of sp³-hybridized carbons (Fsp3) is 0.348. The summed E-state index contributed by atoms with van der Waals surface area (Å²) in [5, 5.41) is 0.750. The summed E-state index contributed by atoms with van der Waals surface area (Å²) < 4.78 is 21.4. The molecule has 0 spiro atoms. The molecule has 2 heterocycles. The number of benzene rings is 1. The van der Waals surface area contributed by atoms with Crippen molar-refractivity contribution in [3.63, 3.8) is 0 Å². The van der Waals surface area contributed by atoms with Crippen LogP contribution in [-0.4, -0.2) is 42.5 Å². The van der Waals surface area contributed by atoms with E-state index in [9.17, 15) is 14.4 Å². The first kappa shape index (κ1) is 22.3. The fourth-order valence-electron chi connectivity index (χ4n) is 3.49. The minimum atomic E-state index is -1.11. The maximum atomic E-state index is 12.9. The number of aryl methyl sites for hydroxylation is 1.